The summed E-state index contributed by atoms with van der Waals surface area (Å²) >= 11 is 0. The fraction of sp³-hybridized carbons (Fsp3) is 0.304. The van der Waals surface area contributed by atoms with Gasteiger partial charge in [0.05, 0.1) is 22.4 Å². The van der Waals surface area contributed by atoms with Crippen molar-refractivity contribution < 1.29 is 4.39 Å². The van der Waals surface area contributed by atoms with Gasteiger partial charge in [0.2, 0.25) is 0 Å². The molecule has 0 bridgehead atoms. The molecule has 4 aromatic rings. The number of hydrogen-bond acceptors (Lipinski definition) is 4. The molecule has 0 saturated heterocycles. The first-order valence-electron chi connectivity index (χ1n) is 9.67. The van der Waals surface area contributed by atoms with Gasteiger partial charge < -0.3 is 0 Å². The maximum absolute atomic E-state index is 13.7. The van der Waals surface area contributed by atoms with Crippen molar-refractivity contribution in [3.8, 4) is 0 Å². The highest BCUT2D eigenvalue weighted by atomic mass is 19.1. The van der Waals surface area contributed by atoms with Crippen LogP contribution in [-0.4, -0.2) is 19.9 Å². The highest BCUT2D eigenvalue weighted by molar-refractivity contribution is 5.82. The molecule has 0 aliphatic carbocycles. The van der Waals surface area contributed by atoms with Crippen molar-refractivity contribution in [1.29, 1.82) is 0 Å². The first-order chi connectivity index (χ1) is 13.4. The van der Waals surface area contributed by atoms with Gasteiger partial charge in [0, 0.05) is 23.3 Å². The SMILES string of the molecule is CCc1nc(Cc2ccc3c(C(C)C)nc(C)nc3c2)nc2cc(F)ccc12. The number of hydrogen-bond donors (Lipinski definition) is 0. The van der Waals surface area contributed by atoms with E-state index in [4.69, 9.17) is 4.98 Å². The van der Waals surface area contributed by atoms with Crippen molar-refractivity contribution >= 4 is 21.8 Å². The van der Waals surface area contributed by atoms with Crippen molar-refractivity contribution in [3.63, 3.8) is 0 Å². The standard InChI is InChI=1S/C23H23FN4/c1-5-19-17-9-7-16(24)12-21(17)28-22(27-19)11-15-6-8-18-20(10-15)25-14(4)26-23(18)13(2)3/h6-10,12-13H,5,11H2,1-4H3. The van der Waals surface area contributed by atoms with Crippen LogP contribution in [-0.2, 0) is 12.8 Å². The Kier molecular flexibility index (Phi) is 4.75. The fourth-order valence-corrected chi connectivity index (χ4v) is 3.62. The van der Waals surface area contributed by atoms with E-state index in [1.165, 1.54) is 12.1 Å². The third kappa shape index (κ3) is 3.44. The van der Waals surface area contributed by atoms with Gasteiger partial charge in [-0.3, -0.25) is 0 Å². The van der Waals surface area contributed by atoms with E-state index in [0.717, 1.165) is 45.5 Å². The van der Waals surface area contributed by atoms with Gasteiger partial charge in [-0.1, -0.05) is 32.9 Å². The van der Waals surface area contributed by atoms with Gasteiger partial charge in [0.25, 0.3) is 0 Å². The molecule has 0 unspecified atom stereocenters. The molecular formula is C23H23FN4. The summed E-state index contributed by atoms with van der Waals surface area (Å²) in [4.78, 5) is 18.5. The Balaban J connectivity index is 1.77. The summed E-state index contributed by atoms with van der Waals surface area (Å²) in [5, 5.41) is 2.00. The molecule has 0 amide bonds. The molecule has 0 saturated carbocycles. The van der Waals surface area contributed by atoms with E-state index in [-0.39, 0.29) is 5.82 Å². The zero-order valence-corrected chi connectivity index (χ0v) is 16.6. The van der Waals surface area contributed by atoms with E-state index >= 15 is 0 Å². The van der Waals surface area contributed by atoms with Gasteiger partial charge in [0.1, 0.15) is 17.5 Å². The molecule has 28 heavy (non-hydrogen) atoms. The summed E-state index contributed by atoms with van der Waals surface area (Å²) in [5.74, 6) is 1.53. The average molecular weight is 374 g/mol. The molecule has 2 aromatic heterocycles. The van der Waals surface area contributed by atoms with E-state index in [0.29, 0.717) is 23.7 Å². The molecule has 142 valence electrons. The predicted octanol–water partition coefficient (Wildman–Crippen LogP) is 5.30. The molecule has 2 aromatic carbocycles. The molecule has 5 heteroatoms. The zero-order valence-electron chi connectivity index (χ0n) is 16.6. The molecule has 0 N–H and O–H groups in total. The normalized spacial score (nSPS) is 11.6. The Bertz CT molecular complexity index is 1180. The van der Waals surface area contributed by atoms with Gasteiger partial charge >= 0.3 is 0 Å². The van der Waals surface area contributed by atoms with Crippen molar-refractivity contribution in [2.24, 2.45) is 0 Å². The minimum absolute atomic E-state index is 0.279. The summed E-state index contributed by atoms with van der Waals surface area (Å²) in [6.45, 7) is 8.26. The number of rotatable bonds is 4. The van der Waals surface area contributed by atoms with E-state index < -0.39 is 0 Å². The Hall–Kier alpha value is -2.95. The number of fused-ring (bicyclic) bond motifs is 2. The largest absolute Gasteiger partial charge is 0.237 e. The molecule has 4 rings (SSSR count). The van der Waals surface area contributed by atoms with Gasteiger partial charge in [-0.2, -0.15) is 0 Å². The third-order valence-corrected chi connectivity index (χ3v) is 4.93. The van der Waals surface area contributed by atoms with Gasteiger partial charge in [0.15, 0.2) is 0 Å². The summed E-state index contributed by atoms with van der Waals surface area (Å²) in [5.41, 5.74) is 4.69. The second-order valence-electron chi connectivity index (χ2n) is 7.44. The first-order valence-corrected chi connectivity index (χ1v) is 9.67. The summed E-state index contributed by atoms with van der Waals surface area (Å²) < 4.78 is 13.7. The average Bonchev–Trinajstić information content (AvgIpc) is 2.66. The molecular weight excluding hydrogens is 351 g/mol. The second-order valence-corrected chi connectivity index (χ2v) is 7.44. The number of halogens is 1. The molecule has 2 heterocycles. The molecule has 0 aliphatic rings. The van der Waals surface area contributed by atoms with Crippen molar-refractivity contribution in [2.45, 2.75) is 46.5 Å². The number of nitrogens with zero attached hydrogens (tertiary/aromatic N) is 4. The summed E-state index contributed by atoms with van der Waals surface area (Å²) in [7, 11) is 0. The topological polar surface area (TPSA) is 51.6 Å². The van der Waals surface area contributed by atoms with Crippen LogP contribution in [0.4, 0.5) is 4.39 Å². The van der Waals surface area contributed by atoms with E-state index in [1.807, 2.05) is 6.92 Å². The lowest BCUT2D eigenvalue weighted by Gasteiger charge is -2.11. The summed E-state index contributed by atoms with van der Waals surface area (Å²) in [6.07, 6.45) is 1.36. The van der Waals surface area contributed by atoms with E-state index in [2.05, 4.69) is 53.9 Å². The maximum Gasteiger partial charge on any atom is 0.133 e. The van der Waals surface area contributed by atoms with Crippen LogP contribution >= 0.6 is 0 Å². The fourth-order valence-electron chi connectivity index (χ4n) is 3.62. The Morgan fingerprint density at radius 2 is 1.64 bits per heavy atom. The van der Waals surface area contributed by atoms with E-state index in [1.54, 1.807) is 6.07 Å². The Labute approximate surface area is 163 Å². The number of aryl methyl sites for hydroxylation is 2. The highest BCUT2D eigenvalue weighted by Gasteiger charge is 2.12. The lowest BCUT2D eigenvalue weighted by molar-refractivity contribution is 0.629. The van der Waals surface area contributed by atoms with Gasteiger partial charge in [-0.25, -0.2) is 24.3 Å². The van der Waals surface area contributed by atoms with Crippen LogP contribution < -0.4 is 0 Å². The van der Waals surface area contributed by atoms with Crippen LogP contribution in [0.3, 0.4) is 0 Å². The lowest BCUT2D eigenvalue weighted by atomic mass is 10.0. The maximum atomic E-state index is 13.7. The van der Waals surface area contributed by atoms with Crippen LogP contribution in [0.15, 0.2) is 36.4 Å². The molecule has 0 aliphatic heterocycles. The van der Waals surface area contributed by atoms with Crippen molar-refractivity contribution in [1.82, 2.24) is 19.9 Å². The monoisotopic (exact) mass is 374 g/mol. The van der Waals surface area contributed by atoms with Gasteiger partial charge in [-0.05, 0) is 43.0 Å². The molecule has 0 radical (unpaired) electrons. The smallest absolute Gasteiger partial charge is 0.133 e. The molecule has 0 spiro atoms. The first kappa shape index (κ1) is 18.4. The van der Waals surface area contributed by atoms with E-state index in [9.17, 15) is 4.39 Å². The van der Waals surface area contributed by atoms with Crippen LogP contribution in [0.25, 0.3) is 21.8 Å². The number of aromatic nitrogens is 4. The predicted molar refractivity (Wildman–Crippen MR) is 110 cm³/mol. The number of benzene rings is 2. The van der Waals surface area contributed by atoms with Crippen LogP contribution in [0.2, 0.25) is 0 Å². The Morgan fingerprint density at radius 3 is 2.39 bits per heavy atom. The quantitative estimate of drug-likeness (QED) is 0.486. The van der Waals surface area contributed by atoms with Crippen LogP contribution in [0, 0.1) is 12.7 Å². The van der Waals surface area contributed by atoms with Gasteiger partial charge in [-0.15, -0.1) is 0 Å². The minimum atomic E-state index is -0.279. The highest BCUT2D eigenvalue weighted by Crippen LogP contribution is 2.25. The lowest BCUT2D eigenvalue weighted by Crippen LogP contribution is -2.03. The van der Waals surface area contributed by atoms with Crippen molar-refractivity contribution in [2.75, 3.05) is 0 Å². The van der Waals surface area contributed by atoms with Crippen LogP contribution in [0.5, 0.6) is 0 Å². The Morgan fingerprint density at radius 1 is 0.893 bits per heavy atom. The molecule has 4 nitrogen and oxygen atoms in total. The second kappa shape index (κ2) is 7.23. The van der Waals surface area contributed by atoms with Crippen molar-refractivity contribution in [3.05, 3.63) is 70.8 Å². The summed E-state index contributed by atoms with van der Waals surface area (Å²) in [6, 6.07) is 10.9. The minimum Gasteiger partial charge on any atom is -0.237 e. The third-order valence-electron chi connectivity index (χ3n) is 4.93. The molecule has 0 atom stereocenters. The zero-order chi connectivity index (χ0) is 19.8. The molecule has 0 fully saturated rings. The van der Waals surface area contributed by atoms with Crippen LogP contribution in [0.1, 0.15) is 55.3 Å².